The Balaban J connectivity index is 2.73. The molecule has 1 N–H and O–H groups in total. The highest BCUT2D eigenvalue weighted by Crippen LogP contribution is 2.00. The van der Waals surface area contributed by atoms with Crippen LogP contribution in [0.1, 0.15) is 5.69 Å². The largest absolute Gasteiger partial charge is 0.302 e. The molecule has 12 heavy (non-hydrogen) atoms. The molecule has 0 bridgehead atoms. The normalized spacial score (nSPS) is 9.50. The van der Waals surface area contributed by atoms with Crippen LogP contribution in [0.5, 0.6) is 0 Å². The number of nitrogens with zero attached hydrogens (tertiary/aromatic N) is 4. The van der Waals surface area contributed by atoms with Crippen molar-refractivity contribution in [3.8, 4) is 6.07 Å². The third-order valence-corrected chi connectivity index (χ3v) is 1.12. The summed E-state index contributed by atoms with van der Waals surface area (Å²) in [6.45, 7) is 0. The van der Waals surface area contributed by atoms with Crippen molar-refractivity contribution in [1.29, 1.82) is 5.26 Å². The first kappa shape index (κ1) is 8.43. The first-order valence-corrected chi connectivity index (χ1v) is 3.40. The zero-order valence-electron chi connectivity index (χ0n) is 6.94. The number of hydrogen-bond donors (Lipinski definition) is 1. The minimum Gasteiger partial charge on any atom is -0.302 e. The zero-order valence-corrected chi connectivity index (χ0v) is 6.94. The standard InChI is InChI=1S/C7H9N5/c1-12(2)11-7-4-3-6(5-8)9-10-7/h3-4H,1-2H3,(H,10,11). The number of hydrogen-bond acceptors (Lipinski definition) is 5. The molecule has 0 amide bonds. The lowest BCUT2D eigenvalue weighted by Crippen LogP contribution is -2.20. The molecule has 1 rings (SSSR count). The van der Waals surface area contributed by atoms with E-state index in [1.807, 2.05) is 20.2 Å². The maximum Gasteiger partial charge on any atom is 0.163 e. The summed E-state index contributed by atoms with van der Waals surface area (Å²) in [5, 5.41) is 17.6. The fourth-order valence-corrected chi connectivity index (χ4v) is 0.681. The minimum absolute atomic E-state index is 0.319. The molecule has 5 heteroatoms. The second-order valence-corrected chi connectivity index (χ2v) is 2.42. The van der Waals surface area contributed by atoms with E-state index < -0.39 is 0 Å². The van der Waals surface area contributed by atoms with Crippen LogP contribution < -0.4 is 5.43 Å². The highest BCUT2D eigenvalue weighted by atomic mass is 15.5. The summed E-state index contributed by atoms with van der Waals surface area (Å²) in [6.07, 6.45) is 0. The van der Waals surface area contributed by atoms with Crippen LogP contribution in [0.15, 0.2) is 12.1 Å². The molecule has 0 aliphatic rings. The summed E-state index contributed by atoms with van der Waals surface area (Å²) in [5.74, 6) is 0.624. The van der Waals surface area contributed by atoms with E-state index in [1.165, 1.54) is 0 Å². The van der Waals surface area contributed by atoms with Gasteiger partial charge in [-0.05, 0) is 12.1 Å². The van der Waals surface area contributed by atoms with E-state index in [-0.39, 0.29) is 0 Å². The highest BCUT2D eigenvalue weighted by molar-refractivity contribution is 5.33. The Morgan fingerprint density at radius 1 is 1.42 bits per heavy atom. The number of aromatic nitrogens is 2. The molecule has 1 heterocycles. The van der Waals surface area contributed by atoms with Crippen LogP contribution in [0.25, 0.3) is 0 Å². The molecular weight excluding hydrogens is 154 g/mol. The van der Waals surface area contributed by atoms with Crippen LogP contribution in [0.4, 0.5) is 5.82 Å². The summed E-state index contributed by atoms with van der Waals surface area (Å²) in [5.41, 5.74) is 3.23. The van der Waals surface area contributed by atoms with Crippen molar-refractivity contribution in [3.05, 3.63) is 17.8 Å². The first-order valence-electron chi connectivity index (χ1n) is 3.40. The third-order valence-electron chi connectivity index (χ3n) is 1.12. The van der Waals surface area contributed by atoms with Crippen molar-refractivity contribution in [2.75, 3.05) is 19.5 Å². The van der Waals surface area contributed by atoms with Crippen molar-refractivity contribution in [2.45, 2.75) is 0 Å². The lowest BCUT2D eigenvalue weighted by molar-refractivity contribution is 0.491. The summed E-state index contributed by atoms with van der Waals surface area (Å²) in [6, 6.07) is 5.20. The van der Waals surface area contributed by atoms with Crippen LogP contribution in [-0.4, -0.2) is 29.3 Å². The highest BCUT2D eigenvalue weighted by Gasteiger charge is 1.95. The summed E-state index contributed by atoms with van der Waals surface area (Å²) < 4.78 is 0. The van der Waals surface area contributed by atoms with Gasteiger partial charge >= 0.3 is 0 Å². The van der Waals surface area contributed by atoms with Gasteiger partial charge in [0, 0.05) is 14.1 Å². The Bertz CT molecular complexity index is 284. The van der Waals surface area contributed by atoms with E-state index in [4.69, 9.17) is 5.26 Å². The van der Waals surface area contributed by atoms with Gasteiger partial charge in [0.05, 0.1) is 0 Å². The molecule has 0 aliphatic carbocycles. The number of nitrogens with one attached hydrogen (secondary N) is 1. The number of anilines is 1. The van der Waals surface area contributed by atoms with Gasteiger partial charge in [-0.3, -0.25) is 0 Å². The Labute approximate surface area is 70.6 Å². The molecule has 5 nitrogen and oxygen atoms in total. The lowest BCUT2D eigenvalue weighted by Gasteiger charge is -2.10. The average molecular weight is 163 g/mol. The molecule has 1 aromatic heterocycles. The topological polar surface area (TPSA) is 64.8 Å². The van der Waals surface area contributed by atoms with E-state index in [1.54, 1.807) is 17.1 Å². The van der Waals surface area contributed by atoms with Gasteiger partial charge in [-0.25, -0.2) is 5.01 Å². The molecule has 0 aromatic carbocycles. The predicted molar refractivity (Wildman–Crippen MR) is 44.1 cm³/mol. The molecule has 62 valence electrons. The van der Waals surface area contributed by atoms with E-state index in [9.17, 15) is 0 Å². The molecule has 0 atom stereocenters. The first-order chi connectivity index (χ1) is 5.72. The Kier molecular flexibility index (Phi) is 2.56. The van der Waals surface area contributed by atoms with Gasteiger partial charge in [-0.1, -0.05) is 0 Å². The van der Waals surface area contributed by atoms with Crippen molar-refractivity contribution in [3.63, 3.8) is 0 Å². The summed E-state index contributed by atoms with van der Waals surface area (Å²) >= 11 is 0. The fraction of sp³-hybridized carbons (Fsp3) is 0.286. The summed E-state index contributed by atoms with van der Waals surface area (Å²) in [7, 11) is 3.69. The van der Waals surface area contributed by atoms with Gasteiger partial charge in [0.15, 0.2) is 11.5 Å². The second kappa shape index (κ2) is 3.64. The van der Waals surface area contributed by atoms with Crippen LogP contribution in [0.2, 0.25) is 0 Å². The molecule has 0 radical (unpaired) electrons. The van der Waals surface area contributed by atoms with Crippen LogP contribution in [-0.2, 0) is 0 Å². The van der Waals surface area contributed by atoms with E-state index in [0.717, 1.165) is 0 Å². The van der Waals surface area contributed by atoms with E-state index >= 15 is 0 Å². The van der Waals surface area contributed by atoms with Crippen LogP contribution in [0.3, 0.4) is 0 Å². The maximum atomic E-state index is 8.43. The zero-order chi connectivity index (χ0) is 8.97. The lowest BCUT2D eigenvalue weighted by atomic mass is 10.4. The number of rotatable bonds is 2. The SMILES string of the molecule is CN(C)Nc1ccc(C#N)nn1. The van der Waals surface area contributed by atoms with Gasteiger partial charge in [-0.2, -0.15) is 5.26 Å². The average Bonchev–Trinajstić information content (AvgIpc) is 2.05. The van der Waals surface area contributed by atoms with Crippen molar-refractivity contribution in [1.82, 2.24) is 15.2 Å². The van der Waals surface area contributed by atoms with Crippen molar-refractivity contribution >= 4 is 5.82 Å². The second-order valence-electron chi connectivity index (χ2n) is 2.42. The van der Waals surface area contributed by atoms with Crippen LogP contribution in [0, 0.1) is 11.3 Å². The van der Waals surface area contributed by atoms with Crippen molar-refractivity contribution < 1.29 is 0 Å². The molecule has 0 spiro atoms. The maximum absolute atomic E-state index is 8.43. The third kappa shape index (κ3) is 2.18. The molecule has 0 aliphatic heterocycles. The Hall–Kier alpha value is -1.67. The van der Waals surface area contributed by atoms with Gasteiger partial charge in [0.1, 0.15) is 6.07 Å². The van der Waals surface area contributed by atoms with Gasteiger partial charge in [-0.15, -0.1) is 10.2 Å². The fourth-order valence-electron chi connectivity index (χ4n) is 0.681. The van der Waals surface area contributed by atoms with Crippen LogP contribution >= 0.6 is 0 Å². The van der Waals surface area contributed by atoms with Crippen molar-refractivity contribution in [2.24, 2.45) is 0 Å². The molecule has 0 saturated heterocycles. The Morgan fingerprint density at radius 3 is 2.58 bits per heavy atom. The molecule has 0 unspecified atom stereocenters. The quantitative estimate of drug-likeness (QED) is 0.632. The predicted octanol–water partition coefficient (Wildman–Crippen LogP) is 0.237. The van der Waals surface area contributed by atoms with E-state index in [2.05, 4.69) is 15.6 Å². The van der Waals surface area contributed by atoms with Gasteiger partial charge in [0.25, 0.3) is 0 Å². The minimum atomic E-state index is 0.319. The smallest absolute Gasteiger partial charge is 0.163 e. The monoisotopic (exact) mass is 163 g/mol. The molecule has 1 aromatic rings. The molecule has 0 saturated carbocycles. The number of hydrazine groups is 1. The molecular formula is C7H9N5. The van der Waals surface area contributed by atoms with E-state index in [0.29, 0.717) is 11.5 Å². The van der Waals surface area contributed by atoms with Gasteiger partial charge < -0.3 is 5.43 Å². The molecule has 0 fully saturated rings. The summed E-state index contributed by atoms with van der Waals surface area (Å²) in [4.78, 5) is 0. The Morgan fingerprint density at radius 2 is 2.17 bits per heavy atom. The van der Waals surface area contributed by atoms with Gasteiger partial charge in [0.2, 0.25) is 0 Å². The number of nitriles is 1.